The molecule has 0 radical (unpaired) electrons. The van der Waals surface area contributed by atoms with Gasteiger partial charge in [-0.3, -0.25) is 0 Å². The molecule has 0 aromatic carbocycles. The zero-order valence-electron chi connectivity index (χ0n) is 12.3. The first-order valence-corrected chi connectivity index (χ1v) is 9.24. The molecular weight excluding hydrogens is 304 g/mol. The molecule has 3 aliphatic rings. The molecule has 7 nitrogen and oxygen atoms in total. The molecule has 2 atom stereocenters. The summed E-state index contributed by atoms with van der Waals surface area (Å²) < 4.78 is 32.3. The molecule has 1 aliphatic carbocycles. The van der Waals surface area contributed by atoms with E-state index in [4.69, 9.17) is 4.74 Å². The van der Waals surface area contributed by atoms with Crippen LogP contribution in [-0.2, 0) is 14.8 Å². The van der Waals surface area contributed by atoms with E-state index in [1.165, 1.54) is 0 Å². The number of hydrogen-bond donors (Lipinski definition) is 1. The van der Waals surface area contributed by atoms with E-state index >= 15 is 0 Å². The summed E-state index contributed by atoms with van der Waals surface area (Å²) in [6.45, 7) is 1.63. The van der Waals surface area contributed by atoms with Crippen LogP contribution in [0.3, 0.4) is 0 Å². The SMILES string of the molecule is O=S(=O)(C1CC1)N1CC[C@]2(C[C@H](Nc3ncccn3)CO2)C1. The highest BCUT2D eigenvalue weighted by molar-refractivity contribution is 7.90. The maximum absolute atomic E-state index is 12.3. The van der Waals surface area contributed by atoms with Crippen LogP contribution >= 0.6 is 0 Å². The van der Waals surface area contributed by atoms with Crippen LogP contribution < -0.4 is 5.32 Å². The van der Waals surface area contributed by atoms with E-state index in [2.05, 4.69) is 15.3 Å². The number of hydrogen-bond acceptors (Lipinski definition) is 6. The van der Waals surface area contributed by atoms with Crippen molar-refractivity contribution in [2.24, 2.45) is 0 Å². The number of nitrogens with one attached hydrogen (secondary N) is 1. The summed E-state index contributed by atoms with van der Waals surface area (Å²) in [6.07, 6.45) is 6.57. The fourth-order valence-electron chi connectivity index (χ4n) is 3.38. The molecule has 3 heterocycles. The van der Waals surface area contributed by atoms with Crippen LogP contribution in [0.25, 0.3) is 0 Å². The third kappa shape index (κ3) is 2.59. The van der Waals surface area contributed by atoms with Crippen LogP contribution in [0.4, 0.5) is 5.95 Å². The molecule has 1 aromatic rings. The van der Waals surface area contributed by atoms with Gasteiger partial charge in [0, 0.05) is 31.9 Å². The van der Waals surface area contributed by atoms with Gasteiger partial charge in [0.05, 0.1) is 23.5 Å². The van der Waals surface area contributed by atoms with Gasteiger partial charge >= 0.3 is 0 Å². The van der Waals surface area contributed by atoms with Crippen LogP contribution in [0.15, 0.2) is 18.5 Å². The quantitative estimate of drug-likeness (QED) is 0.874. The van der Waals surface area contributed by atoms with E-state index < -0.39 is 10.0 Å². The Morgan fingerprint density at radius 3 is 2.82 bits per heavy atom. The van der Waals surface area contributed by atoms with Gasteiger partial charge in [0.25, 0.3) is 0 Å². The summed E-state index contributed by atoms with van der Waals surface area (Å²) in [5, 5.41) is 3.12. The Kier molecular flexibility index (Phi) is 3.35. The number of rotatable bonds is 4. The highest BCUT2D eigenvalue weighted by Crippen LogP contribution is 2.40. The lowest BCUT2D eigenvalue weighted by Crippen LogP contribution is -2.37. The van der Waals surface area contributed by atoms with Gasteiger partial charge in [-0.15, -0.1) is 0 Å². The first-order valence-electron chi connectivity index (χ1n) is 7.74. The fourth-order valence-corrected chi connectivity index (χ4v) is 5.29. The summed E-state index contributed by atoms with van der Waals surface area (Å²) in [5.74, 6) is 0.591. The average molecular weight is 324 g/mol. The Bertz CT molecular complexity index is 649. The number of nitrogens with zero attached hydrogens (tertiary/aromatic N) is 3. The van der Waals surface area contributed by atoms with Crippen LogP contribution in [0.1, 0.15) is 25.7 Å². The van der Waals surface area contributed by atoms with Crippen molar-refractivity contribution < 1.29 is 13.2 Å². The van der Waals surface area contributed by atoms with Crippen LogP contribution in [0, 0.1) is 0 Å². The summed E-state index contributed by atoms with van der Waals surface area (Å²) in [7, 11) is -3.10. The van der Waals surface area contributed by atoms with E-state index in [0.29, 0.717) is 25.6 Å². The number of aromatic nitrogens is 2. The Morgan fingerprint density at radius 2 is 2.09 bits per heavy atom. The lowest BCUT2D eigenvalue weighted by Gasteiger charge is -2.23. The zero-order valence-corrected chi connectivity index (χ0v) is 13.1. The maximum Gasteiger partial charge on any atom is 0.222 e. The van der Waals surface area contributed by atoms with Gasteiger partial charge in [0.2, 0.25) is 16.0 Å². The van der Waals surface area contributed by atoms with Crippen LogP contribution in [-0.4, -0.2) is 59.3 Å². The largest absolute Gasteiger partial charge is 0.371 e. The van der Waals surface area contributed by atoms with Gasteiger partial charge in [-0.1, -0.05) is 0 Å². The molecule has 1 saturated carbocycles. The number of sulfonamides is 1. The van der Waals surface area contributed by atoms with Gasteiger partial charge in [-0.05, 0) is 25.3 Å². The van der Waals surface area contributed by atoms with E-state index in [0.717, 1.165) is 25.7 Å². The molecule has 22 heavy (non-hydrogen) atoms. The summed E-state index contributed by atoms with van der Waals surface area (Å²) >= 11 is 0. The van der Waals surface area contributed by atoms with Gasteiger partial charge in [-0.2, -0.15) is 4.31 Å². The van der Waals surface area contributed by atoms with Crippen molar-refractivity contribution in [2.45, 2.75) is 42.6 Å². The Morgan fingerprint density at radius 1 is 1.32 bits per heavy atom. The summed E-state index contributed by atoms with van der Waals surface area (Å²) in [4.78, 5) is 8.32. The Hall–Kier alpha value is -1.25. The second-order valence-electron chi connectivity index (χ2n) is 6.44. The summed E-state index contributed by atoms with van der Waals surface area (Å²) in [5.41, 5.74) is -0.339. The molecule has 1 spiro atoms. The summed E-state index contributed by atoms with van der Waals surface area (Å²) in [6, 6.07) is 1.90. The predicted molar refractivity (Wildman–Crippen MR) is 80.9 cm³/mol. The zero-order chi connectivity index (χ0) is 15.2. The average Bonchev–Trinajstić information content (AvgIpc) is 3.20. The second kappa shape index (κ2) is 5.14. The Labute approximate surface area is 130 Å². The molecule has 3 fully saturated rings. The van der Waals surface area contributed by atoms with Crippen molar-refractivity contribution in [3.05, 3.63) is 18.5 Å². The van der Waals surface area contributed by atoms with Crippen molar-refractivity contribution >= 4 is 16.0 Å². The molecule has 0 bridgehead atoms. The smallest absolute Gasteiger partial charge is 0.222 e. The van der Waals surface area contributed by atoms with Crippen molar-refractivity contribution in [1.82, 2.24) is 14.3 Å². The molecule has 0 amide bonds. The maximum atomic E-state index is 12.3. The second-order valence-corrected chi connectivity index (χ2v) is 8.65. The first kappa shape index (κ1) is 14.3. The van der Waals surface area contributed by atoms with E-state index in [9.17, 15) is 8.42 Å². The third-order valence-electron chi connectivity index (χ3n) is 4.69. The minimum absolute atomic E-state index is 0.131. The molecule has 120 valence electrons. The highest BCUT2D eigenvalue weighted by atomic mass is 32.2. The highest BCUT2D eigenvalue weighted by Gasteiger charge is 2.51. The van der Waals surface area contributed by atoms with Gasteiger partial charge in [-0.25, -0.2) is 18.4 Å². The van der Waals surface area contributed by atoms with Crippen LogP contribution in [0.2, 0.25) is 0 Å². The van der Waals surface area contributed by atoms with E-state index in [1.54, 1.807) is 22.8 Å². The third-order valence-corrected chi connectivity index (χ3v) is 7.04. The van der Waals surface area contributed by atoms with E-state index in [-0.39, 0.29) is 16.9 Å². The molecule has 0 unspecified atom stereocenters. The molecule has 1 aromatic heterocycles. The number of anilines is 1. The van der Waals surface area contributed by atoms with E-state index in [1.807, 2.05) is 0 Å². The molecule has 2 saturated heterocycles. The topological polar surface area (TPSA) is 84.4 Å². The lowest BCUT2D eigenvalue weighted by molar-refractivity contribution is 0.0173. The normalized spacial score (nSPS) is 32.6. The van der Waals surface area contributed by atoms with Gasteiger partial charge in [0.15, 0.2) is 0 Å². The van der Waals surface area contributed by atoms with Gasteiger partial charge < -0.3 is 10.1 Å². The molecule has 1 N–H and O–H groups in total. The van der Waals surface area contributed by atoms with Crippen molar-refractivity contribution in [3.8, 4) is 0 Å². The molecule has 2 aliphatic heterocycles. The van der Waals surface area contributed by atoms with Crippen molar-refractivity contribution in [2.75, 3.05) is 25.0 Å². The number of ether oxygens (including phenoxy) is 1. The van der Waals surface area contributed by atoms with Crippen molar-refractivity contribution in [3.63, 3.8) is 0 Å². The fraction of sp³-hybridized carbons (Fsp3) is 0.714. The predicted octanol–water partition coefficient (Wildman–Crippen LogP) is 0.614. The minimum atomic E-state index is -3.10. The van der Waals surface area contributed by atoms with Crippen LogP contribution in [0.5, 0.6) is 0 Å². The lowest BCUT2D eigenvalue weighted by atomic mass is 9.97. The van der Waals surface area contributed by atoms with Gasteiger partial charge in [0.1, 0.15) is 0 Å². The molecule has 8 heteroatoms. The Balaban J connectivity index is 1.40. The monoisotopic (exact) mass is 324 g/mol. The minimum Gasteiger partial charge on any atom is -0.371 e. The molecule has 4 rings (SSSR count). The standard InChI is InChI=1S/C14H20N4O3S/c19-22(20,12-2-3-12)18-7-4-14(10-18)8-11(9-21-14)17-13-15-5-1-6-16-13/h1,5-6,11-12H,2-4,7-10H2,(H,15,16,17)/t11-,14-/m0/s1. The van der Waals surface area contributed by atoms with Crippen molar-refractivity contribution in [1.29, 1.82) is 0 Å². The molecular formula is C14H20N4O3S. The first-order chi connectivity index (χ1) is 10.6.